The summed E-state index contributed by atoms with van der Waals surface area (Å²) in [5, 5.41) is 8.93. The van der Waals surface area contributed by atoms with Crippen LogP contribution < -0.4 is 0 Å². The first kappa shape index (κ1) is 11.6. The average Bonchev–Trinajstić information content (AvgIpc) is 2.11. The first-order chi connectivity index (χ1) is 6.50. The molecule has 0 amide bonds. The highest BCUT2D eigenvalue weighted by Gasteiger charge is 2.17. The van der Waals surface area contributed by atoms with E-state index in [1.165, 1.54) is 18.2 Å². The molecule has 0 saturated carbocycles. The summed E-state index contributed by atoms with van der Waals surface area (Å²) in [6.07, 6.45) is 0. The van der Waals surface area contributed by atoms with Crippen LogP contribution in [0.3, 0.4) is 0 Å². The summed E-state index contributed by atoms with van der Waals surface area (Å²) in [6, 6.07) is 4.42. The molecular weight excluding hydrogens is 250 g/mol. The summed E-state index contributed by atoms with van der Waals surface area (Å²) < 4.78 is 12.7. The lowest BCUT2D eigenvalue weighted by molar-refractivity contribution is -0.139. The van der Waals surface area contributed by atoms with E-state index in [0.717, 1.165) is 0 Å². The van der Waals surface area contributed by atoms with Gasteiger partial charge in [0, 0.05) is 4.90 Å². The summed E-state index contributed by atoms with van der Waals surface area (Å²) in [7, 11) is 0. The van der Waals surface area contributed by atoms with Gasteiger partial charge in [-0.2, -0.15) is 0 Å². The second-order valence-electron chi connectivity index (χ2n) is 2.35. The van der Waals surface area contributed by atoms with Gasteiger partial charge in [0.15, 0.2) is 0 Å². The van der Waals surface area contributed by atoms with Crippen molar-refractivity contribution in [3.8, 4) is 0 Å². The van der Waals surface area contributed by atoms with Crippen molar-refractivity contribution in [3.63, 3.8) is 0 Å². The molecule has 0 saturated heterocycles. The number of carboxylic acid groups (broad SMARTS) is 1. The van der Waals surface area contributed by atoms with Crippen molar-refractivity contribution in [3.05, 3.63) is 28.2 Å². The van der Waals surface area contributed by atoms with Crippen molar-refractivity contribution in [1.82, 2.24) is 0 Å². The maximum Gasteiger partial charge on any atom is 0.349 e. The third-order valence-electron chi connectivity index (χ3n) is 1.32. The minimum absolute atomic E-state index is 0.272. The Morgan fingerprint density at radius 1 is 1.43 bits per heavy atom. The number of rotatable bonds is 3. The van der Waals surface area contributed by atoms with Gasteiger partial charge < -0.3 is 5.11 Å². The predicted octanol–water partition coefficient (Wildman–Crippen LogP) is 3.47. The number of thioether (sulfide) groups is 1. The smallest absolute Gasteiger partial charge is 0.349 e. The number of aliphatic carboxylic acids is 1. The number of carbonyl (C=O) groups is 1. The van der Waals surface area contributed by atoms with E-state index >= 15 is 0 Å². The van der Waals surface area contributed by atoms with Crippen LogP contribution in [0, 0.1) is 0 Å². The number of alkyl halides is 1. The maximum atomic E-state index is 12.7. The van der Waals surface area contributed by atoms with E-state index in [0.29, 0.717) is 21.7 Å². The van der Waals surface area contributed by atoms with Gasteiger partial charge in [-0.05, 0) is 18.2 Å². The Balaban J connectivity index is 2.78. The Morgan fingerprint density at radius 3 is 2.57 bits per heavy atom. The lowest BCUT2D eigenvalue weighted by Crippen LogP contribution is -2.09. The average molecular weight is 255 g/mol. The zero-order valence-corrected chi connectivity index (χ0v) is 9.04. The van der Waals surface area contributed by atoms with E-state index in [1.807, 2.05) is 0 Å². The van der Waals surface area contributed by atoms with E-state index in [2.05, 4.69) is 0 Å². The van der Waals surface area contributed by atoms with Gasteiger partial charge >= 0.3 is 5.97 Å². The second kappa shape index (κ2) is 4.87. The Kier molecular flexibility index (Phi) is 4.04. The van der Waals surface area contributed by atoms with Crippen molar-refractivity contribution < 1.29 is 14.3 Å². The van der Waals surface area contributed by atoms with Crippen LogP contribution in [0.5, 0.6) is 0 Å². The van der Waals surface area contributed by atoms with Crippen molar-refractivity contribution >= 4 is 40.9 Å². The Bertz CT molecular complexity index is 359. The van der Waals surface area contributed by atoms with Gasteiger partial charge in [0.1, 0.15) is 0 Å². The summed E-state index contributed by atoms with van der Waals surface area (Å²) in [5.41, 5.74) is -1.99. The van der Waals surface area contributed by atoms with E-state index in [9.17, 15) is 9.18 Å². The Hall–Kier alpha value is -0.450. The van der Waals surface area contributed by atoms with Gasteiger partial charge in [-0.15, -0.1) is 0 Å². The minimum Gasteiger partial charge on any atom is -0.478 e. The first-order valence-corrected chi connectivity index (χ1v) is 5.13. The quantitative estimate of drug-likeness (QED) is 0.840. The van der Waals surface area contributed by atoms with E-state index < -0.39 is 11.5 Å². The second-order valence-corrected chi connectivity index (χ2v) is 4.28. The lowest BCUT2D eigenvalue weighted by Gasteiger charge is -2.03. The fourth-order valence-electron chi connectivity index (χ4n) is 0.720. The number of carboxylic acids is 1. The standard InChI is InChI=1S/C8H5Cl2FO2S/c9-5-2-1-4(3-6(5)10)14-7(11)8(12)13/h1-3,7H,(H,12,13). The predicted molar refractivity (Wildman–Crippen MR) is 54.9 cm³/mol. The van der Waals surface area contributed by atoms with E-state index in [-0.39, 0.29) is 5.02 Å². The van der Waals surface area contributed by atoms with Crippen LogP contribution in [-0.4, -0.2) is 16.6 Å². The number of hydrogen-bond acceptors (Lipinski definition) is 2. The molecule has 2 nitrogen and oxygen atoms in total. The van der Waals surface area contributed by atoms with Crippen molar-refractivity contribution in [2.45, 2.75) is 10.4 Å². The van der Waals surface area contributed by atoms with Gasteiger partial charge in [0.05, 0.1) is 10.0 Å². The van der Waals surface area contributed by atoms with Crippen LogP contribution >= 0.6 is 35.0 Å². The number of hydrogen-bond donors (Lipinski definition) is 1. The van der Waals surface area contributed by atoms with Gasteiger partial charge in [-0.25, -0.2) is 9.18 Å². The lowest BCUT2D eigenvalue weighted by atomic mass is 10.4. The third kappa shape index (κ3) is 3.04. The molecule has 0 radical (unpaired) electrons. The Morgan fingerprint density at radius 2 is 2.07 bits per heavy atom. The largest absolute Gasteiger partial charge is 0.478 e. The molecule has 1 N–H and O–H groups in total. The molecule has 0 spiro atoms. The molecule has 6 heteroatoms. The molecular formula is C8H5Cl2FO2S. The molecule has 14 heavy (non-hydrogen) atoms. The molecule has 1 rings (SSSR count). The van der Waals surface area contributed by atoms with Crippen LogP contribution in [0.25, 0.3) is 0 Å². The molecule has 1 aromatic rings. The molecule has 1 unspecified atom stereocenters. The summed E-state index contributed by atoms with van der Waals surface area (Å²) in [4.78, 5) is 10.6. The Labute approximate surface area is 94.0 Å². The highest BCUT2D eigenvalue weighted by Crippen LogP contribution is 2.30. The fraction of sp³-hybridized carbons (Fsp3) is 0.125. The van der Waals surface area contributed by atoms with Crippen LogP contribution in [0.2, 0.25) is 10.0 Å². The van der Waals surface area contributed by atoms with Gasteiger partial charge in [0.25, 0.3) is 0 Å². The monoisotopic (exact) mass is 254 g/mol. The molecule has 76 valence electrons. The normalized spacial score (nSPS) is 12.5. The third-order valence-corrected chi connectivity index (χ3v) is 3.00. The van der Waals surface area contributed by atoms with Crippen LogP contribution in [0.15, 0.2) is 23.1 Å². The van der Waals surface area contributed by atoms with Crippen molar-refractivity contribution in [2.24, 2.45) is 0 Å². The zero-order valence-electron chi connectivity index (χ0n) is 6.71. The van der Waals surface area contributed by atoms with Crippen LogP contribution in [0.1, 0.15) is 0 Å². The SMILES string of the molecule is O=C(O)C(F)Sc1ccc(Cl)c(Cl)c1. The highest BCUT2D eigenvalue weighted by molar-refractivity contribution is 8.00. The van der Waals surface area contributed by atoms with Crippen molar-refractivity contribution in [1.29, 1.82) is 0 Å². The molecule has 0 fully saturated rings. The zero-order chi connectivity index (χ0) is 10.7. The minimum atomic E-state index is -1.99. The van der Waals surface area contributed by atoms with E-state index in [4.69, 9.17) is 28.3 Å². The fourth-order valence-corrected chi connectivity index (χ4v) is 1.76. The number of halogens is 3. The molecule has 0 aliphatic rings. The molecule has 0 aliphatic heterocycles. The summed E-state index contributed by atoms with van der Waals surface area (Å²) in [6.45, 7) is 0. The number of benzene rings is 1. The summed E-state index contributed by atoms with van der Waals surface area (Å²) in [5.74, 6) is -1.51. The van der Waals surface area contributed by atoms with Gasteiger partial charge in [-0.1, -0.05) is 35.0 Å². The molecule has 0 aromatic heterocycles. The molecule has 0 aliphatic carbocycles. The molecule has 1 atom stereocenters. The summed E-state index contributed by atoms with van der Waals surface area (Å²) >= 11 is 11.9. The van der Waals surface area contributed by atoms with Gasteiger partial charge in [-0.3, -0.25) is 0 Å². The van der Waals surface area contributed by atoms with E-state index in [1.54, 1.807) is 0 Å². The molecule has 0 heterocycles. The topological polar surface area (TPSA) is 37.3 Å². The van der Waals surface area contributed by atoms with Crippen LogP contribution in [-0.2, 0) is 4.79 Å². The highest BCUT2D eigenvalue weighted by atomic mass is 35.5. The molecule has 1 aromatic carbocycles. The maximum absolute atomic E-state index is 12.7. The van der Waals surface area contributed by atoms with Crippen LogP contribution in [0.4, 0.5) is 4.39 Å². The van der Waals surface area contributed by atoms with Crippen molar-refractivity contribution in [2.75, 3.05) is 0 Å². The molecule has 0 bridgehead atoms. The van der Waals surface area contributed by atoms with Gasteiger partial charge in [0.2, 0.25) is 5.50 Å². The first-order valence-electron chi connectivity index (χ1n) is 3.49.